The van der Waals surface area contributed by atoms with Crippen molar-refractivity contribution >= 4 is 16.9 Å². The van der Waals surface area contributed by atoms with Gasteiger partial charge in [0.2, 0.25) is 0 Å². The molecule has 0 bridgehead atoms. The molecule has 2 aromatic heterocycles. The van der Waals surface area contributed by atoms with Gasteiger partial charge in [-0.2, -0.15) is 0 Å². The fourth-order valence-corrected chi connectivity index (χ4v) is 1.23. The number of fused-ring (bicyclic) bond motifs is 1. The van der Waals surface area contributed by atoms with E-state index in [4.69, 9.17) is 5.73 Å². The summed E-state index contributed by atoms with van der Waals surface area (Å²) in [6, 6.07) is 13.3. The van der Waals surface area contributed by atoms with Gasteiger partial charge in [-0.25, -0.2) is 9.97 Å². The molecule has 0 spiro atoms. The van der Waals surface area contributed by atoms with Crippen LogP contribution in [0, 0.1) is 0 Å². The first-order valence-electron chi connectivity index (χ1n) is 4.91. The zero-order valence-corrected chi connectivity index (χ0v) is 8.67. The molecule has 2 heterocycles. The molecule has 0 amide bonds. The van der Waals surface area contributed by atoms with Gasteiger partial charge in [0.25, 0.3) is 0 Å². The second-order valence-corrected chi connectivity index (χ2v) is 3.19. The number of H-pyrrole nitrogens is 1. The number of hydrogen-bond donors (Lipinski definition) is 2. The van der Waals surface area contributed by atoms with E-state index in [0.29, 0.717) is 0 Å². The van der Waals surface area contributed by atoms with Gasteiger partial charge < -0.3 is 10.7 Å². The molecule has 0 aliphatic heterocycles. The van der Waals surface area contributed by atoms with Gasteiger partial charge >= 0.3 is 0 Å². The predicted molar refractivity (Wildman–Crippen MR) is 64.7 cm³/mol. The van der Waals surface area contributed by atoms with Gasteiger partial charge in [-0.05, 0) is 24.3 Å². The number of anilines is 1. The number of nitrogens with two attached hydrogens (primary N) is 1. The summed E-state index contributed by atoms with van der Waals surface area (Å²) in [5.41, 5.74) is 7.94. The zero-order valence-electron chi connectivity index (χ0n) is 8.67. The van der Waals surface area contributed by atoms with Crippen molar-refractivity contribution in [3.63, 3.8) is 0 Å². The molecule has 1 aromatic carbocycles. The number of imidazole rings is 1. The fourth-order valence-electron chi connectivity index (χ4n) is 1.23. The summed E-state index contributed by atoms with van der Waals surface area (Å²) in [4.78, 5) is 10.9. The third-order valence-corrected chi connectivity index (χ3v) is 1.99. The molecule has 0 saturated carbocycles. The first kappa shape index (κ1) is 10.2. The summed E-state index contributed by atoms with van der Waals surface area (Å²) in [7, 11) is 0. The van der Waals surface area contributed by atoms with E-state index in [9.17, 15) is 0 Å². The number of nitrogens with zero attached hydrogens (tertiary/aromatic N) is 2. The summed E-state index contributed by atoms with van der Waals surface area (Å²) < 4.78 is 0. The average Bonchev–Trinajstić information content (AvgIpc) is 2.79. The van der Waals surface area contributed by atoms with Crippen LogP contribution in [-0.2, 0) is 0 Å². The molecule has 0 fully saturated rings. The molecule has 0 saturated heterocycles. The van der Waals surface area contributed by atoms with Gasteiger partial charge in [-0.3, -0.25) is 0 Å². The van der Waals surface area contributed by atoms with Crippen molar-refractivity contribution in [2.75, 3.05) is 5.73 Å². The van der Waals surface area contributed by atoms with Crippen LogP contribution in [0.15, 0.2) is 55.0 Å². The van der Waals surface area contributed by atoms with Crippen LogP contribution in [0.1, 0.15) is 0 Å². The number of para-hydroxylation sites is 1. The fraction of sp³-hybridized carbons (Fsp3) is 0. The summed E-state index contributed by atoms with van der Waals surface area (Å²) in [5.74, 6) is 0. The molecule has 3 aromatic rings. The Hall–Kier alpha value is -2.36. The van der Waals surface area contributed by atoms with Crippen molar-refractivity contribution in [1.82, 2.24) is 15.0 Å². The number of aromatic amines is 1. The lowest BCUT2D eigenvalue weighted by Crippen LogP contribution is -1.79. The molecular formula is C12H12N4. The number of rotatable bonds is 0. The predicted octanol–water partition coefficient (Wildman–Crippen LogP) is 2.23. The summed E-state index contributed by atoms with van der Waals surface area (Å²) >= 11 is 0. The molecule has 3 N–H and O–H groups in total. The van der Waals surface area contributed by atoms with Crippen molar-refractivity contribution in [2.45, 2.75) is 0 Å². The lowest BCUT2D eigenvalue weighted by molar-refractivity contribution is 1.30. The van der Waals surface area contributed by atoms with Crippen LogP contribution in [0.3, 0.4) is 0 Å². The highest BCUT2D eigenvalue weighted by Gasteiger charge is 1.90. The van der Waals surface area contributed by atoms with Crippen LogP contribution >= 0.6 is 0 Å². The van der Waals surface area contributed by atoms with Crippen molar-refractivity contribution in [2.24, 2.45) is 0 Å². The van der Waals surface area contributed by atoms with E-state index in [-0.39, 0.29) is 0 Å². The van der Waals surface area contributed by atoms with Gasteiger partial charge in [0.15, 0.2) is 5.65 Å². The third-order valence-electron chi connectivity index (χ3n) is 1.99. The molecule has 16 heavy (non-hydrogen) atoms. The van der Waals surface area contributed by atoms with Crippen LogP contribution in [0.2, 0.25) is 0 Å². The van der Waals surface area contributed by atoms with E-state index in [0.717, 1.165) is 16.9 Å². The van der Waals surface area contributed by atoms with Crippen molar-refractivity contribution in [3.8, 4) is 0 Å². The van der Waals surface area contributed by atoms with E-state index in [1.165, 1.54) is 0 Å². The second-order valence-electron chi connectivity index (χ2n) is 3.19. The van der Waals surface area contributed by atoms with Crippen LogP contribution in [0.5, 0.6) is 0 Å². The van der Waals surface area contributed by atoms with E-state index < -0.39 is 0 Å². The molecule has 4 heteroatoms. The van der Waals surface area contributed by atoms with E-state index in [1.54, 1.807) is 12.5 Å². The van der Waals surface area contributed by atoms with Gasteiger partial charge in [0.05, 0.1) is 11.8 Å². The molecule has 80 valence electrons. The Kier molecular flexibility index (Phi) is 3.13. The number of nitrogens with one attached hydrogen (secondary N) is 1. The quantitative estimate of drug-likeness (QED) is 0.561. The molecule has 0 atom stereocenters. The molecule has 0 aliphatic rings. The SMILES string of the molecule is Nc1ccccc1.c1cnc2nc[nH]c2c1. The Morgan fingerprint density at radius 2 is 1.75 bits per heavy atom. The average molecular weight is 212 g/mol. The Morgan fingerprint density at radius 1 is 0.938 bits per heavy atom. The Bertz CT molecular complexity index is 515. The normalized spacial score (nSPS) is 9.50. The number of hydrogen-bond acceptors (Lipinski definition) is 3. The second kappa shape index (κ2) is 4.93. The number of pyridine rings is 1. The van der Waals surface area contributed by atoms with Crippen LogP contribution in [0.4, 0.5) is 5.69 Å². The molecular weight excluding hydrogens is 200 g/mol. The summed E-state index contributed by atoms with van der Waals surface area (Å²) in [6.45, 7) is 0. The minimum atomic E-state index is 0.775. The zero-order chi connectivity index (χ0) is 11.2. The highest BCUT2D eigenvalue weighted by atomic mass is 14.9. The van der Waals surface area contributed by atoms with Crippen molar-refractivity contribution in [1.29, 1.82) is 0 Å². The third kappa shape index (κ3) is 2.57. The van der Waals surface area contributed by atoms with Gasteiger partial charge in [-0.15, -0.1) is 0 Å². The van der Waals surface area contributed by atoms with Gasteiger partial charge in [-0.1, -0.05) is 18.2 Å². The topological polar surface area (TPSA) is 67.6 Å². The maximum Gasteiger partial charge on any atom is 0.177 e. The van der Waals surface area contributed by atoms with Gasteiger partial charge in [0.1, 0.15) is 0 Å². The van der Waals surface area contributed by atoms with Crippen LogP contribution in [-0.4, -0.2) is 15.0 Å². The van der Waals surface area contributed by atoms with Crippen molar-refractivity contribution < 1.29 is 0 Å². The Balaban J connectivity index is 0.000000125. The van der Waals surface area contributed by atoms with Crippen LogP contribution in [0.25, 0.3) is 11.2 Å². The molecule has 3 rings (SSSR count). The first-order valence-corrected chi connectivity index (χ1v) is 4.91. The van der Waals surface area contributed by atoms with Crippen molar-refractivity contribution in [3.05, 3.63) is 55.0 Å². The molecule has 0 radical (unpaired) electrons. The minimum absolute atomic E-state index is 0.775. The van der Waals surface area contributed by atoms with Crippen LogP contribution < -0.4 is 5.73 Å². The summed E-state index contributed by atoms with van der Waals surface area (Å²) in [5, 5.41) is 0. The Labute approximate surface area is 93.2 Å². The van der Waals surface area contributed by atoms with Gasteiger partial charge in [0, 0.05) is 11.9 Å². The number of benzene rings is 1. The highest BCUT2D eigenvalue weighted by Crippen LogP contribution is 2.01. The van der Waals surface area contributed by atoms with E-state index >= 15 is 0 Å². The Morgan fingerprint density at radius 3 is 2.38 bits per heavy atom. The van der Waals surface area contributed by atoms with E-state index in [1.807, 2.05) is 42.5 Å². The molecule has 4 nitrogen and oxygen atoms in total. The molecule has 0 unspecified atom stereocenters. The number of aromatic nitrogens is 3. The largest absolute Gasteiger partial charge is 0.399 e. The lowest BCUT2D eigenvalue weighted by atomic mass is 10.3. The lowest BCUT2D eigenvalue weighted by Gasteiger charge is -1.83. The first-order chi connectivity index (χ1) is 7.86. The standard InChI is InChI=1S/C6H5N3.C6H7N/c1-2-5-6(7-3-1)9-4-8-5;7-6-4-2-1-3-5-6/h1-4H,(H,7,8,9);1-5H,7H2. The maximum atomic E-state index is 5.36. The maximum absolute atomic E-state index is 5.36. The van der Waals surface area contributed by atoms with E-state index in [2.05, 4.69) is 15.0 Å². The molecule has 0 aliphatic carbocycles. The monoisotopic (exact) mass is 212 g/mol. The minimum Gasteiger partial charge on any atom is -0.399 e. The smallest absolute Gasteiger partial charge is 0.177 e. The summed E-state index contributed by atoms with van der Waals surface area (Å²) in [6.07, 6.45) is 3.36. The number of nitrogen functional groups attached to an aromatic ring is 1. The highest BCUT2D eigenvalue weighted by molar-refractivity contribution is 5.68.